The van der Waals surface area contributed by atoms with Crippen LogP contribution in [-0.4, -0.2) is 30.2 Å². The molecule has 0 aliphatic carbocycles. The van der Waals surface area contributed by atoms with Crippen LogP contribution in [0.3, 0.4) is 0 Å². The van der Waals surface area contributed by atoms with Crippen molar-refractivity contribution in [1.82, 2.24) is 0 Å². The molecule has 7 nitrogen and oxygen atoms in total. The molecule has 0 bridgehead atoms. The first-order valence-electron chi connectivity index (χ1n) is 8.75. The minimum Gasteiger partial charge on any atom is -0.504 e. The van der Waals surface area contributed by atoms with Crippen LogP contribution in [0.2, 0.25) is 0 Å². The second-order valence-corrected chi connectivity index (χ2v) is 6.87. The van der Waals surface area contributed by atoms with Gasteiger partial charge in [-0.3, -0.25) is 4.79 Å². The summed E-state index contributed by atoms with van der Waals surface area (Å²) in [5.74, 6) is -0.764. The third-order valence-corrected chi connectivity index (χ3v) is 4.50. The zero-order chi connectivity index (χ0) is 21.4. The molecule has 0 aromatic heterocycles. The highest BCUT2D eigenvalue weighted by molar-refractivity contribution is 14.1. The maximum atomic E-state index is 12.5. The second-order valence-electron chi connectivity index (χ2n) is 5.70. The van der Waals surface area contributed by atoms with Crippen molar-refractivity contribution in [2.24, 2.45) is 0 Å². The molecule has 2 aromatic carbocycles. The molecule has 0 radical (unpaired) electrons. The second kappa shape index (κ2) is 10.5. The van der Waals surface area contributed by atoms with E-state index in [1.165, 1.54) is 18.2 Å². The van der Waals surface area contributed by atoms with Gasteiger partial charge in [0.15, 0.2) is 11.5 Å². The lowest BCUT2D eigenvalue weighted by Gasteiger charge is -2.09. The lowest BCUT2D eigenvalue weighted by Crippen LogP contribution is -2.13. The first-order chi connectivity index (χ1) is 13.9. The molecule has 0 fully saturated rings. The predicted octanol–water partition coefficient (Wildman–Crippen LogP) is 4.12. The van der Waals surface area contributed by atoms with Gasteiger partial charge in [-0.25, -0.2) is 4.79 Å². The van der Waals surface area contributed by atoms with Crippen LogP contribution in [0.5, 0.6) is 11.5 Å². The fourth-order valence-corrected chi connectivity index (χ4v) is 2.99. The van der Waals surface area contributed by atoms with Gasteiger partial charge >= 0.3 is 5.97 Å². The molecule has 0 heterocycles. The number of aromatic hydroxyl groups is 1. The number of nitrogens with zero attached hydrogens (tertiary/aromatic N) is 1. The van der Waals surface area contributed by atoms with Crippen molar-refractivity contribution >= 4 is 46.2 Å². The van der Waals surface area contributed by atoms with Crippen molar-refractivity contribution in [3.8, 4) is 17.6 Å². The summed E-state index contributed by atoms with van der Waals surface area (Å²) in [6.07, 6.45) is 1.41. The molecule has 1 amide bonds. The summed E-state index contributed by atoms with van der Waals surface area (Å²) in [7, 11) is 0. The van der Waals surface area contributed by atoms with E-state index in [0.29, 0.717) is 27.0 Å². The first-order valence-corrected chi connectivity index (χ1v) is 9.83. The molecule has 150 valence electrons. The van der Waals surface area contributed by atoms with Crippen molar-refractivity contribution in [1.29, 1.82) is 5.26 Å². The van der Waals surface area contributed by atoms with Crippen molar-refractivity contribution < 1.29 is 24.2 Å². The van der Waals surface area contributed by atoms with Gasteiger partial charge in [-0.1, -0.05) is 0 Å². The van der Waals surface area contributed by atoms with Gasteiger partial charge in [-0.05, 0) is 84.5 Å². The number of esters is 1. The number of hydrogen-bond donors (Lipinski definition) is 2. The zero-order valence-electron chi connectivity index (χ0n) is 15.9. The number of amides is 1. The number of nitriles is 1. The van der Waals surface area contributed by atoms with Gasteiger partial charge < -0.3 is 19.9 Å². The Morgan fingerprint density at radius 2 is 1.90 bits per heavy atom. The van der Waals surface area contributed by atoms with Crippen molar-refractivity contribution in [3.63, 3.8) is 0 Å². The van der Waals surface area contributed by atoms with E-state index in [9.17, 15) is 20.0 Å². The summed E-state index contributed by atoms with van der Waals surface area (Å²) in [5.41, 5.74) is 1.21. The van der Waals surface area contributed by atoms with Crippen LogP contribution >= 0.6 is 22.6 Å². The van der Waals surface area contributed by atoms with Crippen LogP contribution < -0.4 is 10.1 Å². The van der Waals surface area contributed by atoms with E-state index in [4.69, 9.17) is 9.47 Å². The molecule has 0 unspecified atom stereocenters. The number of phenolic OH excluding ortho intramolecular Hbond substituents is 1. The Morgan fingerprint density at radius 1 is 1.21 bits per heavy atom. The quantitative estimate of drug-likeness (QED) is 0.253. The molecule has 0 saturated carbocycles. The Morgan fingerprint density at radius 3 is 2.48 bits per heavy atom. The zero-order valence-corrected chi connectivity index (χ0v) is 18.0. The van der Waals surface area contributed by atoms with E-state index in [1.54, 1.807) is 38.1 Å². The van der Waals surface area contributed by atoms with Crippen LogP contribution in [-0.2, 0) is 9.53 Å². The summed E-state index contributed by atoms with van der Waals surface area (Å²) in [6.45, 7) is 4.14. The number of carbonyl (C=O) groups is 2. The maximum Gasteiger partial charge on any atom is 0.338 e. The lowest BCUT2D eigenvalue weighted by molar-refractivity contribution is -0.112. The molecule has 0 spiro atoms. The smallest absolute Gasteiger partial charge is 0.338 e. The molecule has 2 N–H and O–H groups in total. The minimum absolute atomic E-state index is 0.00856. The largest absolute Gasteiger partial charge is 0.504 e. The Bertz CT molecular complexity index is 978. The highest BCUT2D eigenvalue weighted by atomic mass is 127. The molecule has 0 aliphatic heterocycles. The molecular formula is C21H19IN2O5. The molecule has 2 rings (SSSR count). The Labute approximate surface area is 182 Å². The van der Waals surface area contributed by atoms with E-state index in [2.05, 4.69) is 5.32 Å². The third kappa shape index (κ3) is 5.96. The predicted molar refractivity (Wildman–Crippen MR) is 117 cm³/mol. The third-order valence-electron chi connectivity index (χ3n) is 3.68. The average molecular weight is 506 g/mol. The number of ether oxygens (including phenoxy) is 2. The topological polar surface area (TPSA) is 109 Å². The number of halogens is 1. The molecule has 29 heavy (non-hydrogen) atoms. The number of anilines is 1. The molecule has 0 saturated heterocycles. The molecule has 8 heteroatoms. The number of phenols is 1. The molecule has 0 aliphatic rings. The van der Waals surface area contributed by atoms with E-state index in [1.807, 2.05) is 28.7 Å². The summed E-state index contributed by atoms with van der Waals surface area (Å²) in [4.78, 5) is 24.1. The molecule has 0 atom stereocenters. The number of benzene rings is 2. The number of rotatable bonds is 7. The van der Waals surface area contributed by atoms with Gasteiger partial charge in [0.05, 0.1) is 22.3 Å². The number of carbonyl (C=O) groups excluding carboxylic acids is 2. The van der Waals surface area contributed by atoms with Gasteiger partial charge in [-0.15, -0.1) is 0 Å². The molecule has 2 aromatic rings. The highest BCUT2D eigenvalue weighted by Crippen LogP contribution is 2.33. The summed E-state index contributed by atoms with van der Waals surface area (Å²) >= 11 is 1.94. The van der Waals surface area contributed by atoms with E-state index in [0.717, 1.165) is 0 Å². The van der Waals surface area contributed by atoms with Crippen molar-refractivity contribution in [3.05, 3.63) is 56.7 Å². The van der Waals surface area contributed by atoms with Gasteiger partial charge in [-0.2, -0.15) is 5.26 Å². The Hall–Kier alpha value is -3.06. The summed E-state index contributed by atoms with van der Waals surface area (Å²) in [5, 5.41) is 22.0. The van der Waals surface area contributed by atoms with Crippen LogP contribution in [0.4, 0.5) is 5.69 Å². The highest BCUT2D eigenvalue weighted by Gasteiger charge is 2.13. The molecular weight excluding hydrogens is 487 g/mol. The van der Waals surface area contributed by atoms with Gasteiger partial charge in [0.25, 0.3) is 5.91 Å². The van der Waals surface area contributed by atoms with Gasteiger partial charge in [0.1, 0.15) is 11.6 Å². The fraction of sp³-hybridized carbons (Fsp3) is 0.190. The fourth-order valence-electron chi connectivity index (χ4n) is 2.36. The maximum absolute atomic E-state index is 12.5. The van der Waals surface area contributed by atoms with Gasteiger partial charge in [0.2, 0.25) is 0 Å². The van der Waals surface area contributed by atoms with E-state index >= 15 is 0 Å². The van der Waals surface area contributed by atoms with Crippen LogP contribution in [0.15, 0.2) is 42.0 Å². The summed E-state index contributed by atoms with van der Waals surface area (Å²) < 4.78 is 10.8. The van der Waals surface area contributed by atoms with E-state index < -0.39 is 11.9 Å². The Balaban J connectivity index is 2.21. The SMILES string of the molecule is CCOC(=O)c1ccc(NC(=O)/C(C#N)=C/c2cc(I)c(O)c(OCC)c2)cc1. The lowest BCUT2D eigenvalue weighted by atomic mass is 10.1. The van der Waals surface area contributed by atoms with Crippen LogP contribution in [0.25, 0.3) is 6.08 Å². The Kier molecular flexibility index (Phi) is 8.03. The minimum atomic E-state index is -0.600. The average Bonchev–Trinajstić information content (AvgIpc) is 2.70. The monoisotopic (exact) mass is 506 g/mol. The standard InChI is InChI=1S/C21H19IN2O5/c1-3-28-18-11-13(10-17(22)19(18)25)9-15(12-23)20(26)24-16-7-5-14(6-8-16)21(27)29-4-2/h5-11,25H,3-4H2,1-2H3,(H,24,26)/b15-9+. The van der Waals surface area contributed by atoms with Crippen molar-refractivity contribution in [2.45, 2.75) is 13.8 Å². The van der Waals surface area contributed by atoms with E-state index in [-0.39, 0.29) is 23.7 Å². The summed E-state index contributed by atoms with van der Waals surface area (Å²) in [6, 6.07) is 11.2. The van der Waals surface area contributed by atoms with Crippen LogP contribution in [0, 0.1) is 14.9 Å². The number of hydrogen-bond acceptors (Lipinski definition) is 6. The first kappa shape index (κ1) is 22.2. The normalized spacial score (nSPS) is 10.8. The van der Waals surface area contributed by atoms with Crippen molar-refractivity contribution in [2.75, 3.05) is 18.5 Å². The van der Waals surface area contributed by atoms with Crippen LogP contribution in [0.1, 0.15) is 29.8 Å². The van der Waals surface area contributed by atoms with Gasteiger partial charge in [0, 0.05) is 5.69 Å². The number of nitrogens with one attached hydrogen (secondary N) is 1.